The first-order valence-corrected chi connectivity index (χ1v) is 6.19. The van der Waals surface area contributed by atoms with Crippen molar-refractivity contribution < 1.29 is 9.13 Å². The average Bonchev–Trinajstić information content (AvgIpc) is 2.46. The van der Waals surface area contributed by atoms with Gasteiger partial charge in [-0.2, -0.15) is 0 Å². The summed E-state index contributed by atoms with van der Waals surface area (Å²) in [5, 5.41) is 0. The van der Waals surface area contributed by atoms with Crippen LogP contribution in [0.25, 0.3) is 0 Å². The molecule has 0 aliphatic heterocycles. The number of pyridine rings is 1. The number of benzene rings is 1. The normalized spacial score (nSPS) is 9.58. The molecular weight excluding hydrogens is 265 g/mol. The molecule has 4 heteroatoms. The molecule has 0 atom stereocenters. The second-order valence-corrected chi connectivity index (χ2v) is 3.99. The Balaban J connectivity index is 2.11. The fourth-order valence-electron chi connectivity index (χ4n) is 1.47. The van der Waals surface area contributed by atoms with Gasteiger partial charge in [0, 0.05) is 18.0 Å². The fraction of sp³-hybridized carbons (Fsp3) is 0.133. The molecule has 1 heterocycles. The Morgan fingerprint density at radius 3 is 2.74 bits per heavy atom. The van der Waals surface area contributed by atoms with Crippen LogP contribution in [-0.4, -0.2) is 10.9 Å². The molecule has 0 bridgehead atoms. The Kier molecular flexibility index (Phi) is 4.77. The van der Waals surface area contributed by atoms with Gasteiger partial charge in [0.15, 0.2) is 11.6 Å². The summed E-state index contributed by atoms with van der Waals surface area (Å²) in [6.45, 7) is 0.284. The highest BCUT2D eigenvalue weighted by atomic mass is 35.5. The third-order valence-electron chi connectivity index (χ3n) is 2.37. The van der Waals surface area contributed by atoms with E-state index in [-0.39, 0.29) is 18.2 Å². The van der Waals surface area contributed by atoms with Crippen LogP contribution < -0.4 is 4.74 Å². The van der Waals surface area contributed by atoms with Crippen molar-refractivity contribution in [3.63, 3.8) is 0 Å². The lowest BCUT2D eigenvalue weighted by atomic mass is 10.2. The Hall–Kier alpha value is -2.05. The Morgan fingerprint density at radius 2 is 2.00 bits per heavy atom. The molecule has 0 unspecified atom stereocenters. The molecule has 19 heavy (non-hydrogen) atoms. The van der Waals surface area contributed by atoms with Crippen molar-refractivity contribution in [2.75, 3.05) is 5.88 Å². The molecule has 0 aliphatic rings. The number of hydrogen-bond acceptors (Lipinski definition) is 2. The highest BCUT2D eigenvalue weighted by molar-refractivity contribution is 6.19. The molecular formula is C15H11ClFNO. The molecule has 0 aliphatic carbocycles. The van der Waals surface area contributed by atoms with E-state index in [9.17, 15) is 4.39 Å². The molecule has 0 saturated carbocycles. The van der Waals surface area contributed by atoms with Crippen molar-refractivity contribution in [3.8, 4) is 17.6 Å². The first kappa shape index (κ1) is 13.4. The minimum Gasteiger partial charge on any atom is -0.486 e. The molecule has 0 fully saturated rings. The lowest BCUT2D eigenvalue weighted by Gasteiger charge is -2.07. The van der Waals surface area contributed by atoms with Gasteiger partial charge in [-0.25, -0.2) is 4.39 Å². The summed E-state index contributed by atoms with van der Waals surface area (Å²) in [6.07, 6.45) is 3.33. The van der Waals surface area contributed by atoms with Gasteiger partial charge in [-0.05, 0) is 35.9 Å². The number of rotatable bonds is 3. The van der Waals surface area contributed by atoms with Gasteiger partial charge >= 0.3 is 0 Å². The zero-order valence-electron chi connectivity index (χ0n) is 10.1. The van der Waals surface area contributed by atoms with Gasteiger partial charge in [0.05, 0.1) is 5.88 Å². The van der Waals surface area contributed by atoms with Gasteiger partial charge in [-0.15, -0.1) is 11.6 Å². The molecule has 2 rings (SSSR count). The van der Waals surface area contributed by atoms with E-state index in [1.165, 1.54) is 6.07 Å². The van der Waals surface area contributed by atoms with Crippen molar-refractivity contribution in [1.82, 2.24) is 4.98 Å². The summed E-state index contributed by atoms with van der Waals surface area (Å²) in [6, 6.07) is 8.12. The molecule has 96 valence electrons. The van der Waals surface area contributed by atoms with E-state index < -0.39 is 5.82 Å². The second-order valence-electron chi connectivity index (χ2n) is 3.72. The molecule has 0 saturated heterocycles. The minimum absolute atomic E-state index is 0.179. The molecule has 0 amide bonds. The molecule has 1 aromatic heterocycles. The Bertz CT molecular complexity index is 605. The standard InChI is InChI=1S/C15H11ClFNO/c16-7-1-2-12-3-4-14(17)15(10-12)19-11-13-5-8-18-9-6-13/h3-6,8-10H,7,11H2. The van der Waals surface area contributed by atoms with Crippen LogP contribution in [0.5, 0.6) is 5.75 Å². The summed E-state index contributed by atoms with van der Waals surface area (Å²) >= 11 is 5.48. The van der Waals surface area contributed by atoms with Gasteiger partial charge in [-0.3, -0.25) is 4.98 Å². The third kappa shape index (κ3) is 3.97. The summed E-state index contributed by atoms with van der Waals surface area (Å²) < 4.78 is 19.0. The third-order valence-corrected chi connectivity index (χ3v) is 2.51. The summed E-state index contributed by atoms with van der Waals surface area (Å²) in [5.74, 6) is 5.54. The highest BCUT2D eigenvalue weighted by Crippen LogP contribution is 2.19. The van der Waals surface area contributed by atoms with E-state index >= 15 is 0 Å². The van der Waals surface area contributed by atoms with Crippen molar-refractivity contribution in [2.45, 2.75) is 6.61 Å². The van der Waals surface area contributed by atoms with Crippen LogP contribution in [0.2, 0.25) is 0 Å². The maximum absolute atomic E-state index is 13.6. The van der Waals surface area contributed by atoms with E-state index in [4.69, 9.17) is 16.3 Å². The van der Waals surface area contributed by atoms with Crippen LogP contribution in [-0.2, 0) is 6.61 Å². The monoisotopic (exact) mass is 275 g/mol. The van der Waals surface area contributed by atoms with Gasteiger partial charge in [0.1, 0.15) is 6.61 Å². The van der Waals surface area contributed by atoms with E-state index in [0.717, 1.165) is 5.56 Å². The maximum atomic E-state index is 13.6. The number of halogens is 2. The Labute approximate surface area is 116 Å². The number of hydrogen-bond donors (Lipinski definition) is 0. The predicted octanol–water partition coefficient (Wildman–Crippen LogP) is 3.39. The van der Waals surface area contributed by atoms with Gasteiger partial charge in [0.2, 0.25) is 0 Å². The molecule has 0 radical (unpaired) electrons. The molecule has 0 N–H and O–H groups in total. The summed E-state index contributed by atoms with van der Waals surface area (Å²) in [7, 11) is 0. The zero-order valence-corrected chi connectivity index (χ0v) is 10.8. The van der Waals surface area contributed by atoms with Crippen LogP contribution in [0.3, 0.4) is 0 Å². The highest BCUT2D eigenvalue weighted by Gasteiger charge is 2.04. The van der Waals surface area contributed by atoms with Gasteiger partial charge < -0.3 is 4.74 Å². The topological polar surface area (TPSA) is 22.1 Å². The SMILES string of the molecule is Fc1ccc(C#CCCl)cc1OCc1ccncc1. The van der Waals surface area contributed by atoms with E-state index in [1.807, 2.05) is 12.1 Å². The number of nitrogens with zero attached hydrogens (tertiary/aromatic N) is 1. The fourth-order valence-corrected chi connectivity index (χ4v) is 1.53. The van der Waals surface area contributed by atoms with Gasteiger partial charge in [0.25, 0.3) is 0 Å². The lowest BCUT2D eigenvalue weighted by molar-refractivity contribution is 0.290. The van der Waals surface area contributed by atoms with Crippen LogP contribution in [0.4, 0.5) is 4.39 Å². The molecule has 1 aromatic carbocycles. The zero-order chi connectivity index (χ0) is 13.5. The van der Waals surface area contributed by atoms with E-state index in [2.05, 4.69) is 16.8 Å². The van der Waals surface area contributed by atoms with Crippen molar-refractivity contribution in [2.24, 2.45) is 0 Å². The van der Waals surface area contributed by atoms with Crippen LogP contribution in [0.1, 0.15) is 11.1 Å². The number of alkyl halides is 1. The molecule has 2 nitrogen and oxygen atoms in total. The summed E-state index contributed by atoms with van der Waals surface area (Å²) in [4.78, 5) is 3.91. The first-order chi connectivity index (χ1) is 9.29. The second kappa shape index (κ2) is 6.77. The predicted molar refractivity (Wildman–Crippen MR) is 72.6 cm³/mol. The molecule has 0 spiro atoms. The van der Waals surface area contributed by atoms with E-state index in [1.54, 1.807) is 24.5 Å². The number of ether oxygens (including phenoxy) is 1. The maximum Gasteiger partial charge on any atom is 0.165 e. The summed E-state index contributed by atoms with van der Waals surface area (Å²) in [5.41, 5.74) is 1.60. The lowest BCUT2D eigenvalue weighted by Crippen LogP contribution is -1.98. The van der Waals surface area contributed by atoms with Crippen LogP contribution in [0, 0.1) is 17.7 Å². The van der Waals surface area contributed by atoms with Crippen molar-refractivity contribution in [1.29, 1.82) is 0 Å². The first-order valence-electron chi connectivity index (χ1n) is 5.65. The average molecular weight is 276 g/mol. The molecule has 2 aromatic rings. The van der Waals surface area contributed by atoms with Crippen LogP contribution in [0.15, 0.2) is 42.7 Å². The Morgan fingerprint density at radius 1 is 1.21 bits per heavy atom. The largest absolute Gasteiger partial charge is 0.486 e. The quantitative estimate of drug-likeness (QED) is 0.633. The minimum atomic E-state index is -0.412. The van der Waals surface area contributed by atoms with Gasteiger partial charge in [-0.1, -0.05) is 11.8 Å². The van der Waals surface area contributed by atoms with Crippen molar-refractivity contribution >= 4 is 11.6 Å². The number of aromatic nitrogens is 1. The van der Waals surface area contributed by atoms with Crippen LogP contribution >= 0.6 is 11.6 Å². The smallest absolute Gasteiger partial charge is 0.165 e. The van der Waals surface area contributed by atoms with Crippen molar-refractivity contribution in [3.05, 3.63) is 59.7 Å². The van der Waals surface area contributed by atoms with E-state index in [0.29, 0.717) is 5.56 Å².